The molecule has 0 spiro atoms. The molecule has 1 aromatic carbocycles. The lowest BCUT2D eigenvalue weighted by Crippen LogP contribution is -2.57. The molecule has 1 aromatic rings. The summed E-state index contributed by atoms with van der Waals surface area (Å²) in [6, 6.07) is 7.99. The van der Waals surface area contributed by atoms with Gasteiger partial charge < -0.3 is 10.0 Å². The van der Waals surface area contributed by atoms with E-state index in [9.17, 15) is 14.7 Å². The molecular formula is C16H21NO3S. The lowest BCUT2D eigenvalue weighted by Gasteiger charge is -2.41. The fourth-order valence-electron chi connectivity index (χ4n) is 2.60. The lowest BCUT2D eigenvalue weighted by atomic mass is 9.88. The SMILES string of the molecule is Cc1ccc(SCC(=O)N2CCCCC2(C)C(=O)O)cc1. The maximum atomic E-state index is 12.4. The summed E-state index contributed by atoms with van der Waals surface area (Å²) in [6.07, 6.45) is 2.27. The zero-order valence-electron chi connectivity index (χ0n) is 12.5. The van der Waals surface area contributed by atoms with Crippen LogP contribution >= 0.6 is 11.8 Å². The quantitative estimate of drug-likeness (QED) is 0.869. The highest BCUT2D eigenvalue weighted by Gasteiger charge is 2.43. The molecule has 1 aliphatic rings. The van der Waals surface area contributed by atoms with Crippen LogP contribution in [0.4, 0.5) is 0 Å². The number of likely N-dealkylation sites (tertiary alicyclic amines) is 1. The number of carbonyl (C=O) groups is 2. The molecule has 1 unspecified atom stereocenters. The van der Waals surface area contributed by atoms with Crippen LogP contribution in [0.15, 0.2) is 29.2 Å². The van der Waals surface area contributed by atoms with Crippen molar-refractivity contribution in [2.75, 3.05) is 12.3 Å². The van der Waals surface area contributed by atoms with Crippen LogP contribution in [0, 0.1) is 6.92 Å². The number of hydrogen-bond donors (Lipinski definition) is 1. The van der Waals surface area contributed by atoms with Crippen molar-refractivity contribution < 1.29 is 14.7 Å². The largest absolute Gasteiger partial charge is 0.480 e. The van der Waals surface area contributed by atoms with Gasteiger partial charge in [0.05, 0.1) is 5.75 Å². The molecule has 0 aromatic heterocycles. The Kier molecular flexibility index (Phi) is 4.93. The average molecular weight is 307 g/mol. The fraction of sp³-hybridized carbons (Fsp3) is 0.500. The molecule has 0 bridgehead atoms. The molecule has 0 aliphatic carbocycles. The first-order valence-corrected chi connectivity index (χ1v) is 8.15. The van der Waals surface area contributed by atoms with Gasteiger partial charge in [0.2, 0.25) is 5.91 Å². The number of carbonyl (C=O) groups excluding carboxylic acids is 1. The molecular weight excluding hydrogens is 286 g/mol. The standard InChI is InChI=1S/C16H21NO3S/c1-12-5-7-13(8-6-12)21-11-14(18)17-10-4-3-9-16(17,2)15(19)20/h5-8H,3-4,9-11H2,1-2H3,(H,19,20). The summed E-state index contributed by atoms with van der Waals surface area (Å²) in [5, 5.41) is 9.43. The van der Waals surface area contributed by atoms with Crippen molar-refractivity contribution in [3.63, 3.8) is 0 Å². The first-order chi connectivity index (χ1) is 9.93. The smallest absolute Gasteiger partial charge is 0.329 e. The van der Waals surface area contributed by atoms with Crippen molar-refractivity contribution in [1.82, 2.24) is 4.90 Å². The van der Waals surface area contributed by atoms with E-state index in [2.05, 4.69) is 0 Å². The molecule has 114 valence electrons. The van der Waals surface area contributed by atoms with Gasteiger partial charge in [0, 0.05) is 11.4 Å². The molecule has 0 saturated carbocycles. The molecule has 4 nitrogen and oxygen atoms in total. The van der Waals surface area contributed by atoms with Crippen LogP contribution in [0.5, 0.6) is 0 Å². The minimum absolute atomic E-state index is 0.0924. The van der Waals surface area contributed by atoms with Crippen molar-refractivity contribution in [3.05, 3.63) is 29.8 Å². The van der Waals surface area contributed by atoms with E-state index in [1.165, 1.54) is 17.3 Å². The molecule has 0 radical (unpaired) electrons. The summed E-state index contributed by atoms with van der Waals surface area (Å²) in [4.78, 5) is 26.5. The van der Waals surface area contributed by atoms with Gasteiger partial charge in [-0.25, -0.2) is 4.79 Å². The number of amides is 1. The number of carboxylic acids is 1. The summed E-state index contributed by atoms with van der Waals surface area (Å²) in [5.74, 6) is -0.715. The number of benzene rings is 1. The minimum atomic E-state index is -1.05. The van der Waals surface area contributed by atoms with E-state index in [0.29, 0.717) is 13.0 Å². The predicted octanol–water partition coefficient (Wildman–Crippen LogP) is 2.94. The molecule has 1 fully saturated rings. The van der Waals surface area contributed by atoms with Crippen LogP contribution in [0.25, 0.3) is 0 Å². The Balaban J connectivity index is 2.01. The number of rotatable bonds is 4. The van der Waals surface area contributed by atoms with E-state index in [1.807, 2.05) is 31.2 Å². The van der Waals surface area contributed by atoms with E-state index in [1.54, 1.807) is 11.8 Å². The monoisotopic (exact) mass is 307 g/mol. The van der Waals surface area contributed by atoms with E-state index in [0.717, 1.165) is 17.7 Å². The molecule has 1 aliphatic heterocycles. The molecule has 1 saturated heterocycles. The zero-order chi connectivity index (χ0) is 15.5. The van der Waals surface area contributed by atoms with Crippen molar-refractivity contribution >= 4 is 23.6 Å². The number of aryl methyl sites for hydroxylation is 1. The normalized spacial score (nSPS) is 22.1. The number of hydrogen-bond acceptors (Lipinski definition) is 3. The molecule has 1 atom stereocenters. The van der Waals surface area contributed by atoms with E-state index in [4.69, 9.17) is 0 Å². The van der Waals surface area contributed by atoms with Gasteiger partial charge in [0.15, 0.2) is 0 Å². The highest BCUT2D eigenvalue weighted by Crippen LogP contribution is 2.29. The van der Waals surface area contributed by atoms with Gasteiger partial charge in [-0.3, -0.25) is 4.79 Å². The van der Waals surface area contributed by atoms with Gasteiger partial charge in [-0.2, -0.15) is 0 Å². The van der Waals surface area contributed by atoms with Crippen molar-refractivity contribution in [1.29, 1.82) is 0 Å². The van der Waals surface area contributed by atoms with E-state index >= 15 is 0 Å². The summed E-state index contributed by atoms with van der Waals surface area (Å²) < 4.78 is 0. The summed E-state index contributed by atoms with van der Waals surface area (Å²) in [7, 11) is 0. The topological polar surface area (TPSA) is 57.6 Å². The number of carboxylic acid groups (broad SMARTS) is 1. The van der Waals surface area contributed by atoms with E-state index < -0.39 is 11.5 Å². The Labute approximate surface area is 129 Å². The van der Waals surface area contributed by atoms with Crippen molar-refractivity contribution in [2.24, 2.45) is 0 Å². The molecule has 2 rings (SSSR count). The van der Waals surface area contributed by atoms with E-state index in [-0.39, 0.29) is 11.7 Å². The average Bonchev–Trinajstić information content (AvgIpc) is 2.46. The third kappa shape index (κ3) is 3.59. The van der Waals surface area contributed by atoms with Crippen LogP contribution in [0.3, 0.4) is 0 Å². The second kappa shape index (κ2) is 6.52. The molecule has 1 N–H and O–H groups in total. The first kappa shape index (κ1) is 15.9. The maximum Gasteiger partial charge on any atom is 0.329 e. The fourth-order valence-corrected chi connectivity index (χ4v) is 3.38. The second-order valence-electron chi connectivity index (χ2n) is 5.68. The van der Waals surface area contributed by atoms with Gasteiger partial charge >= 0.3 is 5.97 Å². The van der Waals surface area contributed by atoms with Crippen LogP contribution in [-0.4, -0.2) is 39.7 Å². The van der Waals surface area contributed by atoms with Crippen LogP contribution in [-0.2, 0) is 9.59 Å². The summed E-state index contributed by atoms with van der Waals surface area (Å²) >= 11 is 1.46. The van der Waals surface area contributed by atoms with Crippen molar-refractivity contribution in [3.8, 4) is 0 Å². The number of aliphatic carboxylic acids is 1. The zero-order valence-corrected chi connectivity index (χ0v) is 13.3. The second-order valence-corrected chi connectivity index (χ2v) is 6.73. The van der Waals surface area contributed by atoms with Crippen LogP contribution < -0.4 is 0 Å². The number of piperidine rings is 1. The molecule has 5 heteroatoms. The van der Waals surface area contributed by atoms with Crippen molar-refractivity contribution in [2.45, 2.75) is 43.5 Å². The Bertz CT molecular complexity index is 529. The summed E-state index contributed by atoms with van der Waals surface area (Å²) in [6.45, 7) is 4.21. The first-order valence-electron chi connectivity index (χ1n) is 7.17. The molecule has 1 amide bonds. The predicted molar refractivity (Wildman–Crippen MR) is 83.5 cm³/mol. The molecule has 21 heavy (non-hydrogen) atoms. The third-order valence-electron chi connectivity index (χ3n) is 4.04. The maximum absolute atomic E-state index is 12.4. The summed E-state index contributed by atoms with van der Waals surface area (Å²) in [5.41, 5.74) is 0.128. The lowest BCUT2D eigenvalue weighted by molar-refractivity contribution is -0.159. The number of nitrogens with zero attached hydrogens (tertiary/aromatic N) is 1. The highest BCUT2D eigenvalue weighted by atomic mass is 32.2. The van der Waals surface area contributed by atoms with Crippen LogP contribution in [0.2, 0.25) is 0 Å². The number of thioether (sulfide) groups is 1. The highest BCUT2D eigenvalue weighted by molar-refractivity contribution is 8.00. The van der Waals surface area contributed by atoms with Gasteiger partial charge in [-0.15, -0.1) is 11.8 Å². The van der Waals surface area contributed by atoms with Gasteiger partial charge in [-0.1, -0.05) is 17.7 Å². The Morgan fingerprint density at radius 2 is 1.95 bits per heavy atom. The van der Waals surface area contributed by atoms with Crippen LogP contribution in [0.1, 0.15) is 31.7 Å². The van der Waals surface area contributed by atoms with Gasteiger partial charge in [0.1, 0.15) is 5.54 Å². The minimum Gasteiger partial charge on any atom is -0.480 e. The van der Waals surface area contributed by atoms with Gasteiger partial charge in [-0.05, 0) is 45.2 Å². The van der Waals surface area contributed by atoms with Gasteiger partial charge in [0.25, 0.3) is 0 Å². The Morgan fingerprint density at radius 3 is 2.57 bits per heavy atom. The Morgan fingerprint density at radius 1 is 1.29 bits per heavy atom. The molecule has 1 heterocycles. The Hall–Kier alpha value is -1.49. The third-order valence-corrected chi connectivity index (χ3v) is 5.03.